The van der Waals surface area contributed by atoms with E-state index in [1.54, 1.807) is 0 Å². The molecule has 0 aromatic heterocycles. The molecule has 8 nitrogen and oxygen atoms in total. The molecule has 0 amide bonds. The minimum absolute atomic E-state index is 0.198. The SMILES string of the molecule is CC(C)(C)N1CCC2CCC1(C)C2(C)C.CC(C)(C)N1CCCCCC12CC2.CC1CCC(=O)CCN1C(C)(C)C.CC1CCOCCN1C(C)(C)C.CCC1CCC(C)N(C(C)(C)C)C1.CC[C@@H]1CCCCN1C(C)(C)C. The summed E-state index contributed by atoms with van der Waals surface area (Å²) in [6, 6.07) is 2.83. The Balaban J connectivity index is 0.000000247. The molecule has 78 heavy (non-hydrogen) atoms. The van der Waals surface area contributed by atoms with Gasteiger partial charge in [-0.25, -0.2) is 0 Å². The summed E-state index contributed by atoms with van der Waals surface area (Å²) >= 11 is 0. The number of hydrogen-bond donors (Lipinski definition) is 0. The first kappa shape index (κ1) is 71.7. The third kappa shape index (κ3) is 20.9. The van der Waals surface area contributed by atoms with Gasteiger partial charge in [-0.2, -0.15) is 0 Å². The Kier molecular flexibility index (Phi) is 27.1. The highest BCUT2D eigenvalue weighted by atomic mass is 16.5. The Morgan fingerprint density at radius 3 is 1.50 bits per heavy atom. The fraction of sp³-hybridized carbons (Fsp3) is 0.986. The molecule has 6 unspecified atom stereocenters. The van der Waals surface area contributed by atoms with Crippen molar-refractivity contribution in [2.24, 2.45) is 17.3 Å². The summed E-state index contributed by atoms with van der Waals surface area (Å²) in [6.07, 6.45) is 26.4. The van der Waals surface area contributed by atoms with E-state index in [0.29, 0.717) is 56.5 Å². The molecule has 1 spiro atoms. The second kappa shape index (κ2) is 29.5. The molecule has 8 heteroatoms. The van der Waals surface area contributed by atoms with Gasteiger partial charge >= 0.3 is 0 Å². The normalized spacial score (nSPS) is 31.2. The number of carbonyl (C=O) groups excluding carboxylic acids is 1. The number of carbonyl (C=O) groups is 1. The largest absolute Gasteiger partial charge is 0.380 e. The molecule has 2 saturated carbocycles. The molecule has 0 N–H and O–H groups in total. The Hall–Kier alpha value is -0.610. The number of hydrogen-bond acceptors (Lipinski definition) is 8. The highest BCUT2D eigenvalue weighted by Gasteiger charge is 2.59. The molecule has 2 aliphatic carbocycles. The van der Waals surface area contributed by atoms with E-state index in [-0.39, 0.29) is 11.1 Å². The van der Waals surface area contributed by atoms with Crippen LogP contribution < -0.4 is 0 Å². The van der Waals surface area contributed by atoms with Crippen molar-refractivity contribution < 1.29 is 9.53 Å². The van der Waals surface area contributed by atoms with Crippen molar-refractivity contribution in [3.05, 3.63) is 0 Å². The van der Waals surface area contributed by atoms with Crippen molar-refractivity contribution in [3.8, 4) is 0 Å². The van der Waals surface area contributed by atoms with Gasteiger partial charge in [0, 0.05) is 108 Å². The summed E-state index contributed by atoms with van der Waals surface area (Å²) in [4.78, 5) is 27.1. The maximum absolute atomic E-state index is 11.3. The molecule has 0 radical (unpaired) electrons. The van der Waals surface area contributed by atoms with Gasteiger partial charge in [-0.3, -0.25) is 34.2 Å². The molecule has 2 bridgehead atoms. The van der Waals surface area contributed by atoms with Crippen molar-refractivity contribution >= 4 is 5.78 Å². The average Bonchev–Trinajstić information content (AvgIpc) is 4.16. The number of piperidine rings is 3. The van der Waals surface area contributed by atoms with Crippen molar-refractivity contribution in [3.63, 3.8) is 0 Å². The van der Waals surface area contributed by atoms with E-state index >= 15 is 0 Å². The first-order valence-electron chi connectivity index (χ1n) is 33.4. The minimum atomic E-state index is 0.198. The van der Waals surface area contributed by atoms with Crippen LogP contribution in [0, 0.1) is 17.3 Å². The molecule has 7 atom stereocenters. The summed E-state index contributed by atoms with van der Waals surface area (Å²) in [5.74, 6) is 2.33. The Morgan fingerprint density at radius 1 is 0.449 bits per heavy atom. The van der Waals surface area contributed by atoms with Gasteiger partial charge in [0.15, 0.2) is 0 Å². The maximum Gasteiger partial charge on any atom is 0.134 e. The van der Waals surface area contributed by atoms with Gasteiger partial charge in [-0.1, -0.05) is 53.4 Å². The van der Waals surface area contributed by atoms with E-state index in [1.807, 2.05) is 0 Å². The molecule has 6 heterocycles. The molecule has 6 saturated heterocycles. The fourth-order valence-electron chi connectivity index (χ4n) is 15.9. The molecule has 462 valence electrons. The number of fused-ring (bicyclic) bond motifs is 2. The highest BCUT2D eigenvalue weighted by Crippen LogP contribution is 2.59. The van der Waals surface area contributed by atoms with Gasteiger partial charge in [0.05, 0.1) is 6.61 Å². The second-order valence-electron chi connectivity index (χ2n) is 33.3. The van der Waals surface area contributed by atoms with E-state index in [9.17, 15) is 4.79 Å². The maximum atomic E-state index is 11.3. The Morgan fingerprint density at radius 2 is 0.987 bits per heavy atom. The molecule has 8 aliphatic rings. The number of rotatable bonds is 2. The zero-order valence-electron chi connectivity index (χ0n) is 57.8. The van der Waals surface area contributed by atoms with Gasteiger partial charge in [-0.15, -0.1) is 0 Å². The summed E-state index contributed by atoms with van der Waals surface area (Å²) in [7, 11) is 0. The lowest BCUT2D eigenvalue weighted by molar-refractivity contribution is -0.118. The van der Waals surface area contributed by atoms with Crippen LogP contribution in [0.5, 0.6) is 0 Å². The van der Waals surface area contributed by atoms with Gasteiger partial charge in [-0.05, 0) is 279 Å². The average molecular weight is 1100 g/mol. The van der Waals surface area contributed by atoms with Crippen LogP contribution in [-0.2, 0) is 9.53 Å². The zero-order valence-corrected chi connectivity index (χ0v) is 57.8. The predicted octanol–water partition coefficient (Wildman–Crippen LogP) is 17.3. The van der Waals surface area contributed by atoms with E-state index in [4.69, 9.17) is 4.74 Å². The zero-order chi connectivity index (χ0) is 59.5. The standard InChI is InChI=1S/C14H27N.C12H23N.C12H25N.C11H21NO.C11H23N.C10H21NO/c1-12(2,3)15-10-8-11-7-9-14(15,6)13(11,4)5;1-11(2,3)13-10-6-4-5-7-12(13)8-9-12;1-6-11-8-7-10(2)13(9-11)12(3,4)5;1-9-5-6-10(13)7-8-12(9)11(2,3)4;1-5-10-8-6-7-9-12(10)11(2,3)4;1-9-5-7-12-8-6-11(9)10(2,3)4/h11H,7-10H2,1-6H3;4-10H2,1-3H3;10-11H,6-9H2,1-5H3;9H,5-8H2,1-4H3;10H,5-9H2,1-4H3;9H,5-8H2,1-4H3/t;;;;10-;/m....1./s1. The number of Topliss-reactive ketones (excluding diaryl/α,β-unsaturated/α-hetero) is 1. The molecule has 0 aromatic rings. The summed E-state index contributed by atoms with van der Waals surface area (Å²) in [5.41, 5.74) is 3.50. The monoisotopic (exact) mass is 1100 g/mol. The lowest BCUT2D eigenvalue weighted by atomic mass is 9.65. The van der Waals surface area contributed by atoms with E-state index in [1.165, 1.54) is 129 Å². The number of nitrogens with zero attached hydrogens (tertiary/aromatic N) is 6. The topological polar surface area (TPSA) is 45.7 Å². The third-order valence-electron chi connectivity index (χ3n) is 21.0. The smallest absolute Gasteiger partial charge is 0.134 e. The molecule has 8 fully saturated rings. The van der Waals surface area contributed by atoms with Gasteiger partial charge < -0.3 is 4.74 Å². The predicted molar refractivity (Wildman–Crippen MR) is 342 cm³/mol. The van der Waals surface area contributed by atoms with Gasteiger partial charge in [0.2, 0.25) is 0 Å². The number of ether oxygens (including phenoxy) is 1. The van der Waals surface area contributed by atoms with Crippen LogP contribution in [0.25, 0.3) is 0 Å². The Labute approximate surface area is 489 Å². The molecular weight excluding hydrogens is 957 g/mol. The highest BCUT2D eigenvalue weighted by molar-refractivity contribution is 5.78. The minimum Gasteiger partial charge on any atom is -0.380 e. The van der Waals surface area contributed by atoms with Crippen LogP contribution in [0.15, 0.2) is 0 Å². The van der Waals surface area contributed by atoms with Gasteiger partial charge in [0.25, 0.3) is 0 Å². The lowest BCUT2D eigenvalue weighted by Crippen LogP contribution is -2.64. The summed E-state index contributed by atoms with van der Waals surface area (Å²) < 4.78 is 5.45. The molecule has 6 aliphatic heterocycles. The Bertz CT molecular complexity index is 1700. The van der Waals surface area contributed by atoms with Crippen LogP contribution in [-0.4, -0.2) is 156 Å². The fourth-order valence-corrected chi connectivity index (χ4v) is 15.9. The molecular formula is C70H140N6O2. The second-order valence-corrected chi connectivity index (χ2v) is 33.3. The van der Waals surface area contributed by atoms with E-state index in [2.05, 4.69) is 209 Å². The van der Waals surface area contributed by atoms with E-state index < -0.39 is 0 Å². The van der Waals surface area contributed by atoms with E-state index in [0.717, 1.165) is 75.9 Å². The van der Waals surface area contributed by atoms with Crippen LogP contribution in [0.1, 0.15) is 308 Å². The van der Waals surface area contributed by atoms with Crippen LogP contribution >= 0.6 is 0 Å². The van der Waals surface area contributed by atoms with Crippen molar-refractivity contribution in [2.75, 3.05) is 52.5 Å². The van der Waals surface area contributed by atoms with Crippen molar-refractivity contribution in [1.82, 2.24) is 29.4 Å². The van der Waals surface area contributed by atoms with Crippen molar-refractivity contribution in [2.45, 2.75) is 377 Å². The molecule has 8 rings (SSSR count). The van der Waals surface area contributed by atoms with Gasteiger partial charge in [0.1, 0.15) is 5.78 Å². The van der Waals surface area contributed by atoms with Crippen LogP contribution in [0.3, 0.4) is 0 Å². The first-order valence-corrected chi connectivity index (χ1v) is 33.4. The number of ketones is 1. The third-order valence-corrected chi connectivity index (χ3v) is 21.0. The van der Waals surface area contributed by atoms with Crippen LogP contribution in [0.2, 0.25) is 0 Å². The first-order chi connectivity index (χ1) is 35.7. The lowest BCUT2D eigenvalue weighted by Gasteiger charge is -2.58. The summed E-state index contributed by atoms with van der Waals surface area (Å²) in [5, 5.41) is 0. The summed E-state index contributed by atoms with van der Waals surface area (Å²) in [6.45, 7) is 69.8. The number of likely N-dealkylation sites (tertiary alicyclic amines) is 5. The quantitative estimate of drug-likeness (QED) is 0.271. The molecule has 0 aromatic carbocycles. The van der Waals surface area contributed by atoms with Crippen LogP contribution in [0.4, 0.5) is 0 Å². The van der Waals surface area contributed by atoms with Crippen molar-refractivity contribution in [1.29, 1.82) is 0 Å².